The van der Waals surface area contributed by atoms with Crippen LogP contribution in [-0.2, 0) is 0 Å². The highest BCUT2D eigenvalue weighted by Gasteiger charge is 1.99. The van der Waals surface area contributed by atoms with Crippen LogP contribution in [0.1, 0.15) is 25.3 Å². The third-order valence-corrected chi connectivity index (χ3v) is 2.68. The van der Waals surface area contributed by atoms with Gasteiger partial charge in [0.1, 0.15) is 0 Å². The van der Waals surface area contributed by atoms with Gasteiger partial charge in [0.2, 0.25) is 0 Å². The smallest absolute Gasteiger partial charge is 0 e. The van der Waals surface area contributed by atoms with E-state index in [1.807, 2.05) is 6.07 Å². The summed E-state index contributed by atoms with van der Waals surface area (Å²) >= 11 is 0. The average molecular weight is 207 g/mol. The molecule has 0 N–H and O–H groups in total. The Morgan fingerprint density at radius 1 is 0.688 bits per heavy atom. The Hall–Kier alpha value is -1.50. The van der Waals surface area contributed by atoms with Gasteiger partial charge in [-0.2, -0.15) is 0 Å². The van der Waals surface area contributed by atoms with Gasteiger partial charge in [-0.15, -0.1) is 0 Å². The van der Waals surface area contributed by atoms with E-state index in [0.717, 1.165) is 0 Å². The zero-order valence-electron chi connectivity index (χ0n) is 9.85. The van der Waals surface area contributed by atoms with Gasteiger partial charge in [-0.3, -0.25) is 0 Å². The van der Waals surface area contributed by atoms with Crippen LogP contribution in [0.15, 0.2) is 54.6 Å². The Balaban J connectivity index is 0.00000128. The van der Waals surface area contributed by atoms with Crippen LogP contribution in [0.3, 0.4) is 0 Å². The molecule has 0 aromatic heterocycles. The van der Waals surface area contributed by atoms with Crippen molar-refractivity contribution in [3.8, 4) is 11.1 Å². The fourth-order valence-electron chi connectivity index (χ4n) is 1.69. The van der Waals surface area contributed by atoms with Gasteiger partial charge in [-0.25, -0.2) is 0 Å². The summed E-state index contributed by atoms with van der Waals surface area (Å²) in [4.78, 5) is 0. The summed E-state index contributed by atoms with van der Waals surface area (Å²) < 4.78 is 0. The molecule has 0 aliphatic heterocycles. The Labute approximate surface area is 99.9 Å². The van der Waals surface area contributed by atoms with E-state index in [4.69, 9.17) is 0 Å². The molecule has 0 amide bonds. The summed E-state index contributed by atoms with van der Waals surface area (Å²) in [5.41, 5.74) is 3.97. The lowest BCUT2D eigenvalue weighted by molar-refractivity contribution is 0.867. The first-order valence-corrected chi connectivity index (χ1v) is 5.43. The van der Waals surface area contributed by atoms with Crippen LogP contribution in [0.25, 0.3) is 11.1 Å². The largest absolute Gasteiger partial charge is 0.0622 e. The molecule has 2 rings (SSSR count). The molecule has 0 heterocycles. The first kappa shape index (κ1) is 12.6. The van der Waals surface area contributed by atoms with Crippen LogP contribution in [-0.4, -0.2) is 8.41 Å². The number of hydrogen-bond acceptors (Lipinski definition) is 0. The average Bonchev–Trinajstić information content (AvgIpc) is 2.30. The van der Waals surface area contributed by atoms with Crippen LogP contribution < -0.4 is 0 Å². The second kappa shape index (κ2) is 5.55. The van der Waals surface area contributed by atoms with Gasteiger partial charge in [0.05, 0.1) is 0 Å². The van der Waals surface area contributed by atoms with E-state index >= 15 is 0 Å². The third-order valence-electron chi connectivity index (χ3n) is 2.68. The van der Waals surface area contributed by atoms with Crippen molar-refractivity contribution >= 4 is 8.41 Å². The fourth-order valence-corrected chi connectivity index (χ4v) is 1.69. The lowest BCUT2D eigenvalue weighted by Gasteiger charge is -2.06. The molecule has 0 aliphatic carbocycles. The standard InChI is InChI=1S/C15H16.B/c1-12(2)13-8-10-15(11-9-13)14-6-4-3-5-7-14;/h3-12H,1-2H3;. The minimum Gasteiger partial charge on any atom is -0.0622 e. The normalized spacial score (nSPS) is 9.94. The lowest BCUT2D eigenvalue weighted by Crippen LogP contribution is -1.86. The predicted octanol–water partition coefficient (Wildman–Crippen LogP) is 4.10. The zero-order chi connectivity index (χ0) is 10.7. The van der Waals surface area contributed by atoms with E-state index in [1.54, 1.807) is 0 Å². The van der Waals surface area contributed by atoms with Crippen LogP contribution in [0.2, 0.25) is 0 Å². The van der Waals surface area contributed by atoms with Crippen molar-refractivity contribution in [1.82, 2.24) is 0 Å². The summed E-state index contributed by atoms with van der Waals surface area (Å²) in [5, 5.41) is 0. The van der Waals surface area contributed by atoms with Crippen molar-refractivity contribution in [3.05, 3.63) is 60.2 Å². The summed E-state index contributed by atoms with van der Waals surface area (Å²) in [7, 11) is 0. The van der Waals surface area contributed by atoms with Crippen LogP contribution in [0, 0.1) is 0 Å². The first-order chi connectivity index (χ1) is 7.27. The highest BCUT2D eigenvalue weighted by molar-refractivity contribution is 5.75. The molecule has 0 fully saturated rings. The monoisotopic (exact) mass is 207 g/mol. The van der Waals surface area contributed by atoms with Gasteiger partial charge in [0, 0.05) is 8.41 Å². The predicted molar refractivity (Wildman–Crippen MR) is 71.7 cm³/mol. The van der Waals surface area contributed by atoms with Crippen molar-refractivity contribution in [2.24, 2.45) is 0 Å². The molecule has 0 aliphatic rings. The molecule has 0 bridgehead atoms. The lowest BCUT2D eigenvalue weighted by atomic mass is 9.99. The molecule has 0 atom stereocenters. The van der Waals surface area contributed by atoms with Gasteiger partial charge >= 0.3 is 0 Å². The number of rotatable bonds is 2. The van der Waals surface area contributed by atoms with Crippen molar-refractivity contribution in [2.45, 2.75) is 19.8 Å². The van der Waals surface area contributed by atoms with Gasteiger partial charge < -0.3 is 0 Å². The van der Waals surface area contributed by atoms with E-state index in [2.05, 4.69) is 62.4 Å². The molecule has 79 valence electrons. The summed E-state index contributed by atoms with van der Waals surface area (Å²) in [6.45, 7) is 4.44. The Morgan fingerprint density at radius 3 is 1.69 bits per heavy atom. The van der Waals surface area contributed by atoms with Gasteiger partial charge in [0.15, 0.2) is 0 Å². The molecule has 2 aromatic carbocycles. The summed E-state index contributed by atoms with van der Waals surface area (Å²) in [5.74, 6) is 0.606. The molecular formula is C15H16B. The summed E-state index contributed by atoms with van der Waals surface area (Å²) in [6.07, 6.45) is 0. The molecular weight excluding hydrogens is 191 g/mol. The zero-order valence-corrected chi connectivity index (χ0v) is 9.85. The number of hydrogen-bond donors (Lipinski definition) is 0. The van der Waals surface area contributed by atoms with E-state index in [1.165, 1.54) is 16.7 Å². The first-order valence-electron chi connectivity index (χ1n) is 5.43. The molecule has 0 saturated carbocycles. The van der Waals surface area contributed by atoms with Crippen molar-refractivity contribution in [2.75, 3.05) is 0 Å². The Morgan fingerprint density at radius 2 is 1.19 bits per heavy atom. The third kappa shape index (κ3) is 2.76. The van der Waals surface area contributed by atoms with Gasteiger partial charge in [-0.1, -0.05) is 68.4 Å². The maximum Gasteiger partial charge on any atom is 0 e. The van der Waals surface area contributed by atoms with Crippen LogP contribution in [0.4, 0.5) is 0 Å². The second-order valence-corrected chi connectivity index (χ2v) is 4.14. The topological polar surface area (TPSA) is 0 Å². The number of benzene rings is 2. The van der Waals surface area contributed by atoms with Crippen LogP contribution in [0.5, 0.6) is 0 Å². The van der Waals surface area contributed by atoms with Crippen molar-refractivity contribution in [3.63, 3.8) is 0 Å². The van der Waals surface area contributed by atoms with E-state index in [-0.39, 0.29) is 8.41 Å². The van der Waals surface area contributed by atoms with Crippen molar-refractivity contribution in [1.29, 1.82) is 0 Å². The Kier molecular flexibility index (Phi) is 4.36. The maximum absolute atomic E-state index is 2.22. The minimum atomic E-state index is 0. The maximum atomic E-state index is 2.22. The molecule has 2 aromatic rings. The fraction of sp³-hybridized carbons (Fsp3) is 0.200. The SMILES string of the molecule is CC(C)c1ccc(-c2ccccc2)cc1.[B]. The molecule has 0 unspecified atom stereocenters. The molecule has 0 nitrogen and oxygen atoms in total. The molecule has 1 heteroatoms. The Bertz CT molecular complexity index is 415. The highest BCUT2D eigenvalue weighted by atomic mass is 14.0. The van der Waals surface area contributed by atoms with Gasteiger partial charge in [-0.05, 0) is 22.6 Å². The van der Waals surface area contributed by atoms with Crippen molar-refractivity contribution < 1.29 is 0 Å². The molecule has 0 saturated heterocycles. The highest BCUT2D eigenvalue weighted by Crippen LogP contribution is 2.22. The molecule has 3 radical (unpaired) electrons. The molecule has 0 spiro atoms. The minimum absolute atomic E-state index is 0. The van der Waals surface area contributed by atoms with Gasteiger partial charge in [0.25, 0.3) is 0 Å². The second-order valence-electron chi connectivity index (χ2n) is 4.14. The quantitative estimate of drug-likeness (QED) is 0.650. The molecule has 16 heavy (non-hydrogen) atoms. The van der Waals surface area contributed by atoms with E-state index in [0.29, 0.717) is 5.92 Å². The summed E-state index contributed by atoms with van der Waals surface area (Å²) in [6, 6.07) is 19.3. The van der Waals surface area contributed by atoms with E-state index < -0.39 is 0 Å². The van der Waals surface area contributed by atoms with Crippen LogP contribution >= 0.6 is 0 Å². The van der Waals surface area contributed by atoms with E-state index in [9.17, 15) is 0 Å².